The Morgan fingerprint density at radius 3 is 2.72 bits per heavy atom. The zero-order valence-electron chi connectivity index (χ0n) is 9.25. The Morgan fingerprint density at radius 2 is 2.06 bits per heavy atom. The minimum absolute atomic E-state index is 0.227. The molecular weight excluding hydrogens is 296 g/mol. The van der Waals surface area contributed by atoms with Crippen molar-refractivity contribution in [3.05, 3.63) is 58.6 Å². The SMILES string of the molecule is O=C(N/N=C\c1ccc(Br)cc1)c1cnccn1. The number of carbonyl (C=O) groups is 1. The van der Waals surface area contributed by atoms with E-state index in [2.05, 4.69) is 36.4 Å². The van der Waals surface area contributed by atoms with Gasteiger partial charge in [-0.05, 0) is 17.7 Å². The van der Waals surface area contributed by atoms with E-state index in [9.17, 15) is 4.79 Å². The van der Waals surface area contributed by atoms with Gasteiger partial charge in [0.15, 0.2) is 0 Å². The molecule has 5 nitrogen and oxygen atoms in total. The van der Waals surface area contributed by atoms with Gasteiger partial charge in [0.2, 0.25) is 0 Å². The zero-order chi connectivity index (χ0) is 12.8. The van der Waals surface area contributed by atoms with Crippen LogP contribution >= 0.6 is 15.9 Å². The van der Waals surface area contributed by atoms with Crippen LogP contribution < -0.4 is 5.43 Å². The van der Waals surface area contributed by atoms with Crippen LogP contribution in [0.4, 0.5) is 0 Å². The number of hydrogen-bond donors (Lipinski definition) is 1. The third-order valence-electron chi connectivity index (χ3n) is 2.05. The van der Waals surface area contributed by atoms with Gasteiger partial charge in [0.05, 0.1) is 12.4 Å². The van der Waals surface area contributed by atoms with E-state index in [1.165, 1.54) is 18.6 Å². The van der Waals surface area contributed by atoms with Gasteiger partial charge >= 0.3 is 0 Å². The maximum absolute atomic E-state index is 11.6. The van der Waals surface area contributed by atoms with Gasteiger partial charge in [0.25, 0.3) is 5.91 Å². The molecule has 90 valence electrons. The smallest absolute Gasteiger partial charge is 0.265 e. The van der Waals surface area contributed by atoms with Crippen LogP contribution in [0, 0.1) is 0 Å². The van der Waals surface area contributed by atoms with Crippen molar-refractivity contribution in [2.24, 2.45) is 5.10 Å². The fraction of sp³-hybridized carbons (Fsp3) is 0. The molecule has 1 aromatic carbocycles. The van der Waals surface area contributed by atoms with E-state index in [1.807, 2.05) is 24.3 Å². The Morgan fingerprint density at radius 1 is 1.28 bits per heavy atom. The highest BCUT2D eigenvalue weighted by molar-refractivity contribution is 9.10. The first kappa shape index (κ1) is 12.4. The average Bonchev–Trinajstić information content (AvgIpc) is 2.42. The fourth-order valence-electron chi connectivity index (χ4n) is 1.19. The van der Waals surface area contributed by atoms with Gasteiger partial charge in [-0.1, -0.05) is 28.1 Å². The Bertz CT molecular complexity index is 554. The summed E-state index contributed by atoms with van der Waals surface area (Å²) in [4.78, 5) is 19.2. The Kier molecular flexibility index (Phi) is 4.14. The molecule has 0 saturated heterocycles. The maximum Gasteiger partial charge on any atom is 0.291 e. The Labute approximate surface area is 112 Å². The van der Waals surface area contributed by atoms with Crippen LogP contribution in [0.25, 0.3) is 0 Å². The molecule has 0 aliphatic heterocycles. The monoisotopic (exact) mass is 304 g/mol. The van der Waals surface area contributed by atoms with Crippen molar-refractivity contribution in [3.63, 3.8) is 0 Å². The molecule has 2 rings (SSSR count). The van der Waals surface area contributed by atoms with E-state index in [0.717, 1.165) is 10.0 Å². The highest BCUT2D eigenvalue weighted by atomic mass is 79.9. The summed E-state index contributed by atoms with van der Waals surface area (Å²) in [6.45, 7) is 0. The summed E-state index contributed by atoms with van der Waals surface area (Å²) < 4.78 is 0.989. The maximum atomic E-state index is 11.6. The standard InChI is InChI=1S/C12H9BrN4O/c13-10-3-1-9(2-4-10)7-16-17-12(18)11-8-14-5-6-15-11/h1-8H,(H,17,18)/b16-7-. The fourth-order valence-corrected chi connectivity index (χ4v) is 1.45. The van der Waals surface area contributed by atoms with Gasteiger partial charge in [-0.25, -0.2) is 10.4 Å². The van der Waals surface area contributed by atoms with Crippen LogP contribution in [-0.4, -0.2) is 22.1 Å². The molecule has 1 aromatic heterocycles. The number of carbonyl (C=O) groups excluding carboxylic acids is 1. The first-order chi connectivity index (χ1) is 8.75. The summed E-state index contributed by atoms with van der Waals surface area (Å²) in [7, 11) is 0. The second kappa shape index (κ2) is 6.02. The number of nitrogens with one attached hydrogen (secondary N) is 1. The van der Waals surface area contributed by atoms with Crippen molar-refractivity contribution >= 4 is 28.1 Å². The van der Waals surface area contributed by atoms with Gasteiger partial charge in [-0.3, -0.25) is 9.78 Å². The number of halogens is 1. The molecule has 1 heterocycles. The lowest BCUT2D eigenvalue weighted by Gasteiger charge is -1.97. The topological polar surface area (TPSA) is 67.2 Å². The summed E-state index contributed by atoms with van der Waals surface area (Å²) in [5.74, 6) is -0.392. The third kappa shape index (κ3) is 3.46. The Hall–Kier alpha value is -2.08. The van der Waals surface area contributed by atoms with E-state index >= 15 is 0 Å². The minimum atomic E-state index is -0.392. The van der Waals surface area contributed by atoms with E-state index in [4.69, 9.17) is 0 Å². The molecule has 2 aromatic rings. The van der Waals surface area contributed by atoms with Crippen molar-refractivity contribution in [1.82, 2.24) is 15.4 Å². The number of aromatic nitrogens is 2. The lowest BCUT2D eigenvalue weighted by molar-refractivity contribution is 0.0950. The van der Waals surface area contributed by atoms with Crippen molar-refractivity contribution in [2.75, 3.05) is 0 Å². The van der Waals surface area contributed by atoms with E-state index in [-0.39, 0.29) is 5.69 Å². The molecule has 0 fully saturated rings. The molecule has 1 amide bonds. The lowest BCUT2D eigenvalue weighted by atomic mass is 10.2. The van der Waals surface area contributed by atoms with Crippen LogP contribution in [0.15, 0.2) is 52.4 Å². The summed E-state index contributed by atoms with van der Waals surface area (Å²) in [5.41, 5.74) is 3.49. The first-order valence-corrected chi connectivity index (χ1v) is 5.90. The third-order valence-corrected chi connectivity index (χ3v) is 2.57. The zero-order valence-corrected chi connectivity index (χ0v) is 10.8. The van der Waals surface area contributed by atoms with Crippen molar-refractivity contribution in [1.29, 1.82) is 0 Å². The summed E-state index contributed by atoms with van der Waals surface area (Å²) in [6.07, 6.45) is 5.89. The molecule has 0 aliphatic carbocycles. The molecule has 1 N–H and O–H groups in total. The summed E-state index contributed by atoms with van der Waals surface area (Å²) in [6, 6.07) is 7.54. The quantitative estimate of drug-likeness (QED) is 0.696. The molecule has 0 saturated carbocycles. The van der Waals surface area contributed by atoms with Crippen LogP contribution in [0.5, 0.6) is 0 Å². The normalized spacial score (nSPS) is 10.5. The van der Waals surface area contributed by atoms with Crippen molar-refractivity contribution in [3.8, 4) is 0 Å². The van der Waals surface area contributed by atoms with Gasteiger partial charge in [0.1, 0.15) is 5.69 Å². The van der Waals surface area contributed by atoms with Gasteiger partial charge in [-0.2, -0.15) is 5.10 Å². The van der Waals surface area contributed by atoms with Crippen molar-refractivity contribution < 1.29 is 4.79 Å². The molecule has 0 unspecified atom stereocenters. The molecular formula is C12H9BrN4O. The number of hydrazone groups is 1. The van der Waals surface area contributed by atoms with Gasteiger partial charge in [-0.15, -0.1) is 0 Å². The van der Waals surface area contributed by atoms with Gasteiger partial charge in [0, 0.05) is 16.9 Å². The first-order valence-electron chi connectivity index (χ1n) is 5.11. The van der Waals surface area contributed by atoms with Crippen LogP contribution in [0.3, 0.4) is 0 Å². The number of nitrogens with zero attached hydrogens (tertiary/aromatic N) is 3. The predicted octanol–water partition coefficient (Wildman–Crippen LogP) is 2.00. The van der Waals surface area contributed by atoms with E-state index in [1.54, 1.807) is 6.21 Å². The predicted molar refractivity (Wildman–Crippen MR) is 71.2 cm³/mol. The molecule has 0 radical (unpaired) electrons. The highest BCUT2D eigenvalue weighted by Gasteiger charge is 2.04. The minimum Gasteiger partial charge on any atom is -0.265 e. The van der Waals surface area contributed by atoms with Crippen LogP contribution in [0.1, 0.15) is 16.1 Å². The van der Waals surface area contributed by atoms with Crippen molar-refractivity contribution in [2.45, 2.75) is 0 Å². The summed E-state index contributed by atoms with van der Waals surface area (Å²) in [5, 5.41) is 3.84. The van der Waals surface area contributed by atoms with E-state index < -0.39 is 5.91 Å². The molecule has 18 heavy (non-hydrogen) atoms. The second-order valence-electron chi connectivity index (χ2n) is 3.34. The summed E-state index contributed by atoms with van der Waals surface area (Å²) >= 11 is 3.34. The molecule has 0 atom stereocenters. The second-order valence-corrected chi connectivity index (χ2v) is 4.26. The van der Waals surface area contributed by atoms with Crippen LogP contribution in [0.2, 0.25) is 0 Å². The lowest BCUT2D eigenvalue weighted by Crippen LogP contribution is -2.19. The number of hydrogen-bond acceptors (Lipinski definition) is 4. The molecule has 0 aliphatic rings. The number of amides is 1. The number of rotatable bonds is 3. The van der Waals surface area contributed by atoms with Gasteiger partial charge < -0.3 is 0 Å². The molecule has 0 spiro atoms. The molecule has 6 heteroatoms. The average molecular weight is 305 g/mol. The largest absolute Gasteiger partial charge is 0.291 e. The van der Waals surface area contributed by atoms with Crippen LogP contribution in [-0.2, 0) is 0 Å². The van der Waals surface area contributed by atoms with E-state index in [0.29, 0.717) is 0 Å². The molecule has 0 bridgehead atoms. The number of benzene rings is 1. The Balaban J connectivity index is 1.96. The highest BCUT2D eigenvalue weighted by Crippen LogP contribution is 2.08.